The highest BCUT2D eigenvalue weighted by Gasteiger charge is 2.15. The van der Waals surface area contributed by atoms with Gasteiger partial charge in [-0.3, -0.25) is 4.99 Å². The quantitative estimate of drug-likeness (QED) is 0.575. The molecule has 7 nitrogen and oxygen atoms in total. The van der Waals surface area contributed by atoms with E-state index in [-0.39, 0.29) is 11.1 Å². The first-order chi connectivity index (χ1) is 14.3. The maximum Gasteiger partial charge on any atom is 0.335 e. The van der Waals surface area contributed by atoms with Crippen molar-refractivity contribution in [3.63, 3.8) is 0 Å². The van der Waals surface area contributed by atoms with Crippen molar-refractivity contribution in [2.75, 3.05) is 7.11 Å². The molecule has 0 saturated heterocycles. The minimum Gasteiger partial charge on any atom is -0.497 e. The van der Waals surface area contributed by atoms with Crippen LogP contribution in [0.15, 0.2) is 53.5 Å². The highest BCUT2D eigenvalue weighted by atomic mass is 16.5. The molecule has 0 spiro atoms. The molecule has 1 heterocycles. The van der Waals surface area contributed by atoms with Crippen LogP contribution in [0.1, 0.15) is 43.2 Å². The minimum absolute atomic E-state index is 0.0767. The van der Waals surface area contributed by atoms with Crippen molar-refractivity contribution in [3.8, 4) is 11.4 Å². The summed E-state index contributed by atoms with van der Waals surface area (Å²) in [5.74, 6) is -1.57. The molecule has 7 heteroatoms. The van der Waals surface area contributed by atoms with Crippen LogP contribution < -0.4 is 4.74 Å². The van der Waals surface area contributed by atoms with E-state index in [1.54, 1.807) is 13.3 Å². The number of nitrogens with zero attached hydrogens (tertiary/aromatic N) is 2. The van der Waals surface area contributed by atoms with Gasteiger partial charge in [-0.15, -0.1) is 0 Å². The summed E-state index contributed by atoms with van der Waals surface area (Å²) in [5, 5.41) is 18.7. The van der Waals surface area contributed by atoms with Crippen LogP contribution in [0.5, 0.6) is 5.75 Å². The van der Waals surface area contributed by atoms with Gasteiger partial charge in [0, 0.05) is 28.9 Å². The van der Waals surface area contributed by atoms with Crippen LogP contribution >= 0.6 is 0 Å². The van der Waals surface area contributed by atoms with Gasteiger partial charge >= 0.3 is 11.9 Å². The van der Waals surface area contributed by atoms with Crippen molar-refractivity contribution in [1.29, 1.82) is 0 Å². The van der Waals surface area contributed by atoms with E-state index in [1.807, 2.05) is 48.7 Å². The molecule has 0 unspecified atom stereocenters. The molecule has 1 aromatic heterocycles. The Labute approximate surface area is 173 Å². The van der Waals surface area contributed by atoms with Crippen LogP contribution in [-0.2, 0) is 6.54 Å². The van der Waals surface area contributed by atoms with Gasteiger partial charge in [0.05, 0.1) is 24.8 Å². The average Bonchev–Trinajstić information content (AvgIpc) is 3.01. The number of carboxylic acid groups (broad SMARTS) is 2. The van der Waals surface area contributed by atoms with Gasteiger partial charge in [-0.25, -0.2) is 9.59 Å². The lowest BCUT2D eigenvalue weighted by Crippen LogP contribution is -2.07. The summed E-state index contributed by atoms with van der Waals surface area (Å²) >= 11 is 0. The monoisotopic (exact) mass is 406 g/mol. The molecular formula is C23H22N2O5. The standard InChI is InChI=1S/C23H22N2O5/c1-14-8-19(13-24-12-16-4-6-21(30-3)7-5-16)15(2)25(14)20-10-17(22(26)27)9-18(11-20)23(28)29/h4-11,13H,12H2,1-3H3,(H,26,27)(H,28,29). The van der Waals surface area contributed by atoms with E-state index in [1.165, 1.54) is 12.1 Å². The number of aromatic nitrogens is 1. The first-order valence-corrected chi connectivity index (χ1v) is 9.24. The smallest absolute Gasteiger partial charge is 0.335 e. The molecule has 3 rings (SSSR count). The third kappa shape index (κ3) is 4.41. The van der Waals surface area contributed by atoms with E-state index in [9.17, 15) is 19.8 Å². The molecule has 0 aliphatic heterocycles. The van der Waals surface area contributed by atoms with E-state index < -0.39 is 11.9 Å². The van der Waals surface area contributed by atoms with Gasteiger partial charge in [0.25, 0.3) is 0 Å². The zero-order chi connectivity index (χ0) is 21.8. The zero-order valence-corrected chi connectivity index (χ0v) is 16.9. The summed E-state index contributed by atoms with van der Waals surface area (Å²) in [6.07, 6.45) is 1.77. The van der Waals surface area contributed by atoms with E-state index in [4.69, 9.17) is 4.74 Å². The number of hydrogen-bond donors (Lipinski definition) is 2. The molecule has 0 saturated carbocycles. The predicted octanol–water partition coefficient (Wildman–Crippen LogP) is 4.12. The second-order valence-electron chi connectivity index (χ2n) is 6.86. The van der Waals surface area contributed by atoms with Gasteiger partial charge in [-0.2, -0.15) is 0 Å². The van der Waals surface area contributed by atoms with Gasteiger partial charge in [-0.1, -0.05) is 12.1 Å². The Morgan fingerprint density at radius 2 is 1.60 bits per heavy atom. The number of carboxylic acids is 2. The minimum atomic E-state index is -1.18. The Kier molecular flexibility index (Phi) is 6.01. The summed E-state index contributed by atoms with van der Waals surface area (Å²) in [6.45, 7) is 4.27. The number of methoxy groups -OCH3 is 1. The summed E-state index contributed by atoms with van der Waals surface area (Å²) in [7, 11) is 1.62. The number of hydrogen-bond acceptors (Lipinski definition) is 4. The number of ether oxygens (including phenoxy) is 1. The molecule has 154 valence electrons. The molecule has 0 aliphatic rings. The second-order valence-corrected chi connectivity index (χ2v) is 6.86. The molecular weight excluding hydrogens is 384 g/mol. The van der Waals surface area contributed by atoms with Gasteiger partial charge in [0.15, 0.2) is 0 Å². The van der Waals surface area contributed by atoms with E-state index in [2.05, 4.69) is 4.99 Å². The van der Waals surface area contributed by atoms with Crippen LogP contribution in [0.25, 0.3) is 5.69 Å². The summed E-state index contributed by atoms with van der Waals surface area (Å²) < 4.78 is 6.98. The molecule has 0 bridgehead atoms. The summed E-state index contributed by atoms with van der Waals surface area (Å²) in [6, 6.07) is 13.7. The Morgan fingerprint density at radius 1 is 1.00 bits per heavy atom. The lowest BCUT2D eigenvalue weighted by molar-refractivity contribution is 0.0696. The van der Waals surface area contributed by atoms with Gasteiger partial charge < -0.3 is 19.5 Å². The number of benzene rings is 2. The molecule has 2 N–H and O–H groups in total. The number of aryl methyl sites for hydroxylation is 1. The van der Waals surface area contributed by atoms with Crippen LogP contribution in [0.3, 0.4) is 0 Å². The molecule has 2 aromatic carbocycles. The van der Waals surface area contributed by atoms with Crippen molar-refractivity contribution in [2.45, 2.75) is 20.4 Å². The van der Waals surface area contributed by atoms with Crippen molar-refractivity contribution in [3.05, 3.63) is 82.2 Å². The highest BCUT2D eigenvalue weighted by Crippen LogP contribution is 2.23. The Morgan fingerprint density at radius 3 is 2.13 bits per heavy atom. The molecule has 3 aromatic rings. The van der Waals surface area contributed by atoms with Crippen molar-refractivity contribution < 1.29 is 24.5 Å². The molecule has 0 aliphatic carbocycles. The van der Waals surface area contributed by atoms with Crippen LogP contribution in [0, 0.1) is 13.8 Å². The van der Waals surface area contributed by atoms with Crippen LogP contribution in [0.2, 0.25) is 0 Å². The zero-order valence-electron chi connectivity index (χ0n) is 16.9. The third-order valence-electron chi connectivity index (χ3n) is 4.80. The number of rotatable bonds is 7. The van der Waals surface area contributed by atoms with Crippen molar-refractivity contribution in [1.82, 2.24) is 4.57 Å². The molecule has 0 amide bonds. The lowest BCUT2D eigenvalue weighted by atomic mass is 10.1. The van der Waals surface area contributed by atoms with E-state index in [0.717, 1.165) is 34.3 Å². The van der Waals surface area contributed by atoms with E-state index in [0.29, 0.717) is 12.2 Å². The van der Waals surface area contributed by atoms with Gasteiger partial charge in [0.1, 0.15) is 5.75 Å². The van der Waals surface area contributed by atoms with Gasteiger partial charge in [0.2, 0.25) is 0 Å². The highest BCUT2D eigenvalue weighted by molar-refractivity contribution is 5.95. The fraction of sp³-hybridized carbons (Fsp3) is 0.174. The Hall–Kier alpha value is -3.87. The summed E-state index contributed by atoms with van der Waals surface area (Å²) in [5.41, 5.74) is 3.93. The largest absolute Gasteiger partial charge is 0.497 e. The molecule has 30 heavy (non-hydrogen) atoms. The van der Waals surface area contributed by atoms with Crippen LogP contribution in [0.4, 0.5) is 0 Å². The normalized spacial score (nSPS) is 11.0. The fourth-order valence-corrected chi connectivity index (χ4v) is 3.28. The molecule has 0 fully saturated rings. The number of aliphatic imine (C=N–C) groups is 1. The number of carbonyl (C=O) groups is 2. The summed E-state index contributed by atoms with van der Waals surface area (Å²) in [4.78, 5) is 27.3. The maximum atomic E-state index is 11.4. The Bertz CT molecular complexity index is 1090. The predicted molar refractivity (Wildman–Crippen MR) is 113 cm³/mol. The third-order valence-corrected chi connectivity index (χ3v) is 4.80. The fourth-order valence-electron chi connectivity index (χ4n) is 3.28. The first kappa shape index (κ1) is 20.9. The maximum absolute atomic E-state index is 11.4. The lowest BCUT2D eigenvalue weighted by Gasteiger charge is -2.12. The van der Waals surface area contributed by atoms with E-state index >= 15 is 0 Å². The topological polar surface area (TPSA) is 101 Å². The Balaban J connectivity index is 1.92. The number of aromatic carboxylic acids is 2. The SMILES string of the molecule is COc1ccc(CN=Cc2cc(C)n(-c3cc(C(=O)O)cc(C(=O)O)c3)c2C)cc1. The average molecular weight is 406 g/mol. The second kappa shape index (κ2) is 8.65. The van der Waals surface area contributed by atoms with Crippen molar-refractivity contribution in [2.24, 2.45) is 4.99 Å². The van der Waals surface area contributed by atoms with Crippen LogP contribution in [-0.4, -0.2) is 40.0 Å². The molecule has 0 atom stereocenters. The van der Waals surface area contributed by atoms with Gasteiger partial charge in [-0.05, 0) is 55.8 Å². The van der Waals surface area contributed by atoms with Crippen molar-refractivity contribution >= 4 is 18.2 Å². The molecule has 0 radical (unpaired) electrons. The first-order valence-electron chi connectivity index (χ1n) is 9.24.